The lowest BCUT2D eigenvalue weighted by Gasteiger charge is -2.31. The fourth-order valence-electron chi connectivity index (χ4n) is 3.52. The number of halogens is 1. The first-order valence-corrected chi connectivity index (χ1v) is 9.59. The zero-order valence-electron chi connectivity index (χ0n) is 14.6. The van der Waals surface area contributed by atoms with E-state index in [1.807, 2.05) is 6.07 Å². The van der Waals surface area contributed by atoms with E-state index in [2.05, 4.69) is 71.1 Å². The van der Waals surface area contributed by atoms with Crippen LogP contribution in [-0.4, -0.2) is 18.0 Å². The molecule has 0 aliphatic carbocycles. The number of hydrogen-bond donors (Lipinski definition) is 0. The Morgan fingerprint density at radius 1 is 1.21 bits per heavy atom. The molecular weight excluding hydrogens is 362 g/mol. The molecule has 0 saturated carbocycles. The summed E-state index contributed by atoms with van der Waals surface area (Å²) in [6, 6.07) is 14.7. The molecule has 3 rings (SSSR count). The molecule has 0 aromatic heterocycles. The van der Waals surface area contributed by atoms with E-state index in [9.17, 15) is 0 Å². The first kappa shape index (κ1) is 17.5. The Morgan fingerprint density at radius 2 is 2.00 bits per heavy atom. The van der Waals surface area contributed by atoms with Gasteiger partial charge in [-0.2, -0.15) is 0 Å². The van der Waals surface area contributed by atoms with Crippen LogP contribution in [0.2, 0.25) is 0 Å². The van der Waals surface area contributed by atoms with Crippen LogP contribution in [0.4, 0.5) is 0 Å². The van der Waals surface area contributed by atoms with Crippen molar-refractivity contribution in [3.8, 4) is 5.75 Å². The Labute approximate surface area is 154 Å². The zero-order chi connectivity index (χ0) is 16.9. The summed E-state index contributed by atoms with van der Waals surface area (Å²) < 4.78 is 7.36. The van der Waals surface area contributed by atoms with Crippen LogP contribution in [0.25, 0.3) is 0 Å². The zero-order valence-corrected chi connectivity index (χ0v) is 16.2. The Morgan fingerprint density at radius 3 is 2.75 bits per heavy atom. The van der Waals surface area contributed by atoms with Gasteiger partial charge in [-0.05, 0) is 55.5 Å². The molecule has 1 saturated heterocycles. The minimum absolute atomic E-state index is 0.618. The monoisotopic (exact) mass is 387 g/mol. The van der Waals surface area contributed by atoms with Crippen molar-refractivity contribution in [1.82, 2.24) is 4.90 Å². The maximum atomic E-state index is 6.23. The summed E-state index contributed by atoms with van der Waals surface area (Å²) >= 11 is 3.65. The molecule has 1 fully saturated rings. The largest absolute Gasteiger partial charge is 0.488 e. The maximum absolute atomic E-state index is 6.23. The van der Waals surface area contributed by atoms with Crippen molar-refractivity contribution in [2.45, 2.75) is 39.8 Å². The Hall–Kier alpha value is -1.32. The second-order valence-corrected chi connectivity index (χ2v) is 7.88. The van der Waals surface area contributed by atoms with Gasteiger partial charge in [0.25, 0.3) is 0 Å². The molecule has 1 aliphatic rings. The summed E-state index contributed by atoms with van der Waals surface area (Å²) in [6.45, 7) is 8.44. The molecule has 0 bridgehead atoms. The molecule has 1 atom stereocenters. The molecule has 2 nitrogen and oxygen atoms in total. The summed E-state index contributed by atoms with van der Waals surface area (Å²) in [5, 5.41) is 0. The van der Waals surface area contributed by atoms with E-state index in [0.29, 0.717) is 6.61 Å². The molecule has 1 aliphatic heterocycles. The van der Waals surface area contributed by atoms with Crippen LogP contribution in [0.5, 0.6) is 5.75 Å². The van der Waals surface area contributed by atoms with E-state index in [0.717, 1.165) is 22.7 Å². The summed E-state index contributed by atoms with van der Waals surface area (Å²) in [4.78, 5) is 2.56. The third-order valence-corrected chi connectivity index (χ3v) is 5.14. The normalized spacial score (nSPS) is 18.5. The molecule has 0 amide bonds. The quantitative estimate of drug-likeness (QED) is 0.664. The van der Waals surface area contributed by atoms with E-state index in [-0.39, 0.29) is 0 Å². The van der Waals surface area contributed by atoms with Crippen molar-refractivity contribution in [3.63, 3.8) is 0 Å². The number of nitrogens with zero attached hydrogens (tertiary/aromatic N) is 1. The molecule has 0 radical (unpaired) electrons. The summed E-state index contributed by atoms with van der Waals surface area (Å²) in [5.41, 5.74) is 3.68. The number of hydrogen-bond acceptors (Lipinski definition) is 2. The lowest BCUT2D eigenvalue weighted by molar-refractivity contribution is 0.173. The average molecular weight is 388 g/mol. The van der Waals surface area contributed by atoms with Crippen molar-refractivity contribution >= 4 is 15.9 Å². The van der Waals surface area contributed by atoms with Gasteiger partial charge in [-0.1, -0.05) is 53.2 Å². The topological polar surface area (TPSA) is 12.5 Å². The molecular formula is C21H26BrNO. The maximum Gasteiger partial charge on any atom is 0.127 e. The molecule has 2 aromatic carbocycles. The van der Waals surface area contributed by atoms with E-state index in [1.54, 1.807) is 0 Å². The lowest BCUT2D eigenvalue weighted by Crippen LogP contribution is -2.33. The van der Waals surface area contributed by atoms with E-state index in [4.69, 9.17) is 4.74 Å². The number of aryl methyl sites for hydroxylation is 1. The fourth-order valence-corrected chi connectivity index (χ4v) is 4.14. The van der Waals surface area contributed by atoms with Crippen LogP contribution < -0.4 is 4.74 Å². The SMILES string of the molecule is Cc1cc(Br)cc(CN2CCCC(C)C2)c1OCc1ccccc1. The molecule has 0 N–H and O–H groups in total. The first-order valence-electron chi connectivity index (χ1n) is 8.80. The van der Waals surface area contributed by atoms with Gasteiger partial charge in [0, 0.05) is 23.1 Å². The van der Waals surface area contributed by atoms with E-state index < -0.39 is 0 Å². The number of rotatable bonds is 5. The smallest absolute Gasteiger partial charge is 0.127 e. The van der Waals surface area contributed by atoms with Gasteiger partial charge in [-0.25, -0.2) is 0 Å². The Kier molecular flexibility index (Phi) is 5.96. The predicted octanol–water partition coefficient (Wildman–Crippen LogP) is 5.57. The Balaban J connectivity index is 1.77. The minimum atomic E-state index is 0.618. The fraction of sp³-hybridized carbons (Fsp3) is 0.429. The van der Waals surface area contributed by atoms with Crippen LogP contribution in [0.1, 0.15) is 36.5 Å². The number of piperidine rings is 1. The van der Waals surface area contributed by atoms with Crippen LogP contribution in [0, 0.1) is 12.8 Å². The van der Waals surface area contributed by atoms with Gasteiger partial charge in [0.1, 0.15) is 12.4 Å². The van der Waals surface area contributed by atoms with Gasteiger partial charge in [-0.3, -0.25) is 4.90 Å². The number of benzene rings is 2. The molecule has 2 aromatic rings. The van der Waals surface area contributed by atoms with Gasteiger partial charge in [-0.15, -0.1) is 0 Å². The molecule has 1 heterocycles. The highest BCUT2D eigenvalue weighted by Gasteiger charge is 2.19. The van der Waals surface area contributed by atoms with Crippen molar-refractivity contribution in [2.24, 2.45) is 5.92 Å². The molecule has 1 unspecified atom stereocenters. The number of likely N-dealkylation sites (tertiary alicyclic amines) is 1. The predicted molar refractivity (Wildman–Crippen MR) is 103 cm³/mol. The molecule has 0 spiro atoms. The standard InChI is InChI=1S/C21H26BrNO/c1-16-7-6-10-23(13-16)14-19-12-20(22)11-17(2)21(19)24-15-18-8-4-3-5-9-18/h3-5,8-9,11-12,16H,6-7,10,13-15H2,1-2H3. The highest BCUT2D eigenvalue weighted by molar-refractivity contribution is 9.10. The molecule has 3 heteroatoms. The van der Waals surface area contributed by atoms with Crippen LogP contribution in [-0.2, 0) is 13.2 Å². The summed E-state index contributed by atoms with van der Waals surface area (Å²) in [6.07, 6.45) is 2.65. The van der Waals surface area contributed by atoms with Gasteiger partial charge in [0.15, 0.2) is 0 Å². The summed E-state index contributed by atoms with van der Waals surface area (Å²) in [7, 11) is 0. The first-order chi connectivity index (χ1) is 11.6. The third kappa shape index (κ3) is 4.61. The highest BCUT2D eigenvalue weighted by Crippen LogP contribution is 2.31. The molecule has 24 heavy (non-hydrogen) atoms. The second kappa shape index (κ2) is 8.17. The van der Waals surface area contributed by atoms with Gasteiger partial charge >= 0.3 is 0 Å². The lowest BCUT2D eigenvalue weighted by atomic mass is 9.99. The van der Waals surface area contributed by atoms with Gasteiger partial charge < -0.3 is 4.74 Å². The van der Waals surface area contributed by atoms with Crippen molar-refractivity contribution in [1.29, 1.82) is 0 Å². The van der Waals surface area contributed by atoms with Crippen LogP contribution >= 0.6 is 15.9 Å². The summed E-state index contributed by atoms with van der Waals surface area (Å²) in [5.74, 6) is 1.83. The van der Waals surface area contributed by atoms with Gasteiger partial charge in [0.2, 0.25) is 0 Å². The third-order valence-electron chi connectivity index (χ3n) is 4.68. The minimum Gasteiger partial charge on any atom is -0.488 e. The van der Waals surface area contributed by atoms with Crippen molar-refractivity contribution in [2.75, 3.05) is 13.1 Å². The Bertz CT molecular complexity index is 671. The van der Waals surface area contributed by atoms with Crippen LogP contribution in [0.3, 0.4) is 0 Å². The van der Waals surface area contributed by atoms with E-state index in [1.165, 1.54) is 42.6 Å². The van der Waals surface area contributed by atoms with Crippen molar-refractivity contribution < 1.29 is 4.74 Å². The van der Waals surface area contributed by atoms with Gasteiger partial charge in [0.05, 0.1) is 0 Å². The molecule has 128 valence electrons. The second-order valence-electron chi connectivity index (χ2n) is 6.97. The average Bonchev–Trinajstić information content (AvgIpc) is 2.55. The van der Waals surface area contributed by atoms with Crippen molar-refractivity contribution in [3.05, 3.63) is 63.6 Å². The highest BCUT2D eigenvalue weighted by atomic mass is 79.9. The van der Waals surface area contributed by atoms with Crippen LogP contribution in [0.15, 0.2) is 46.9 Å². The number of ether oxygens (including phenoxy) is 1. The van der Waals surface area contributed by atoms with E-state index >= 15 is 0 Å².